The summed E-state index contributed by atoms with van der Waals surface area (Å²) in [5, 5.41) is 3.87. The number of carbonyl (C=O) groups excluding carboxylic acids is 1. The van der Waals surface area contributed by atoms with Gasteiger partial charge in [0.25, 0.3) is 0 Å². The van der Waals surface area contributed by atoms with Crippen LogP contribution in [0.3, 0.4) is 0 Å². The number of benzene rings is 1. The van der Waals surface area contributed by atoms with Crippen LogP contribution in [0.15, 0.2) is 24.3 Å². The van der Waals surface area contributed by atoms with Crippen LogP contribution in [0.2, 0.25) is 5.02 Å². The van der Waals surface area contributed by atoms with Crippen LogP contribution in [-0.2, 0) is 0 Å². The minimum atomic E-state index is -0.295. The second kappa shape index (κ2) is 5.89. The molecule has 2 rings (SSSR count). The number of rotatable bonds is 1. The predicted molar refractivity (Wildman–Crippen MR) is 66.5 cm³/mol. The average Bonchev–Trinajstić information content (AvgIpc) is 2.61. The minimum absolute atomic E-state index is 0.295. The van der Waals surface area contributed by atoms with Crippen LogP contribution < -0.4 is 10.1 Å². The van der Waals surface area contributed by atoms with Crippen molar-refractivity contribution in [3.8, 4) is 5.75 Å². The van der Waals surface area contributed by atoms with Crippen molar-refractivity contribution in [3.63, 3.8) is 0 Å². The summed E-state index contributed by atoms with van der Waals surface area (Å²) >= 11 is 5.76. The minimum Gasteiger partial charge on any atom is -0.410 e. The molecule has 0 radical (unpaired) electrons. The van der Waals surface area contributed by atoms with Gasteiger partial charge in [0.2, 0.25) is 0 Å². The summed E-state index contributed by atoms with van der Waals surface area (Å²) in [6, 6.07) is 6.79. The van der Waals surface area contributed by atoms with Gasteiger partial charge in [-0.25, -0.2) is 4.79 Å². The van der Waals surface area contributed by atoms with Gasteiger partial charge in [-0.15, -0.1) is 0 Å². The number of amides is 1. The molecule has 0 atom stereocenters. The Morgan fingerprint density at radius 3 is 2.76 bits per heavy atom. The van der Waals surface area contributed by atoms with Crippen LogP contribution in [0.5, 0.6) is 5.75 Å². The van der Waals surface area contributed by atoms with E-state index in [-0.39, 0.29) is 6.09 Å². The monoisotopic (exact) mass is 254 g/mol. The molecule has 0 aromatic heterocycles. The third-order valence-electron chi connectivity index (χ3n) is 2.62. The fourth-order valence-electron chi connectivity index (χ4n) is 1.70. The number of nitrogens with one attached hydrogen (secondary N) is 1. The molecule has 1 aromatic carbocycles. The summed E-state index contributed by atoms with van der Waals surface area (Å²) in [7, 11) is 0. The van der Waals surface area contributed by atoms with E-state index >= 15 is 0 Å². The molecular formula is C12H15ClN2O2. The van der Waals surface area contributed by atoms with Gasteiger partial charge in [0.1, 0.15) is 5.75 Å². The van der Waals surface area contributed by atoms with Crippen molar-refractivity contribution < 1.29 is 9.53 Å². The Labute approximate surface area is 106 Å². The maximum atomic E-state index is 11.8. The smallest absolute Gasteiger partial charge is 0.410 e. The van der Waals surface area contributed by atoms with E-state index in [1.165, 1.54) is 0 Å². The van der Waals surface area contributed by atoms with Gasteiger partial charge in [-0.05, 0) is 37.2 Å². The number of ether oxygens (including phenoxy) is 1. The van der Waals surface area contributed by atoms with Crippen molar-refractivity contribution in [2.75, 3.05) is 26.2 Å². The van der Waals surface area contributed by atoms with Crippen LogP contribution in [0.25, 0.3) is 0 Å². The van der Waals surface area contributed by atoms with E-state index in [4.69, 9.17) is 16.3 Å². The first kappa shape index (κ1) is 12.2. The Bertz CT molecular complexity index is 373. The van der Waals surface area contributed by atoms with Crippen molar-refractivity contribution in [3.05, 3.63) is 29.3 Å². The molecule has 0 spiro atoms. The highest BCUT2D eigenvalue weighted by atomic mass is 35.5. The third kappa shape index (κ3) is 3.61. The highest BCUT2D eigenvalue weighted by Gasteiger charge is 2.16. The van der Waals surface area contributed by atoms with Gasteiger partial charge in [-0.3, -0.25) is 0 Å². The van der Waals surface area contributed by atoms with Gasteiger partial charge >= 0.3 is 6.09 Å². The van der Waals surface area contributed by atoms with E-state index in [9.17, 15) is 4.79 Å². The molecule has 1 fully saturated rings. The largest absolute Gasteiger partial charge is 0.415 e. The molecule has 1 N–H and O–H groups in total. The maximum Gasteiger partial charge on any atom is 0.415 e. The highest BCUT2D eigenvalue weighted by molar-refractivity contribution is 6.30. The average molecular weight is 255 g/mol. The van der Waals surface area contributed by atoms with E-state index in [1.807, 2.05) is 0 Å². The number of carbonyl (C=O) groups is 1. The lowest BCUT2D eigenvalue weighted by Gasteiger charge is -2.19. The van der Waals surface area contributed by atoms with Gasteiger partial charge in [-0.1, -0.05) is 11.6 Å². The quantitative estimate of drug-likeness (QED) is 0.835. The van der Waals surface area contributed by atoms with Gasteiger partial charge in [0, 0.05) is 24.7 Å². The number of hydrogen-bond acceptors (Lipinski definition) is 3. The van der Waals surface area contributed by atoms with Crippen LogP contribution >= 0.6 is 11.6 Å². The van der Waals surface area contributed by atoms with Crippen LogP contribution in [0.4, 0.5) is 4.79 Å². The van der Waals surface area contributed by atoms with Crippen molar-refractivity contribution in [1.29, 1.82) is 0 Å². The summed E-state index contributed by atoms with van der Waals surface area (Å²) in [6.07, 6.45) is 0.659. The molecule has 4 nitrogen and oxygen atoms in total. The maximum absolute atomic E-state index is 11.8. The predicted octanol–water partition coefficient (Wildman–Crippen LogP) is 2.13. The molecule has 0 saturated carbocycles. The molecule has 1 saturated heterocycles. The molecule has 0 unspecified atom stereocenters. The molecule has 1 aliphatic rings. The molecular weight excluding hydrogens is 240 g/mol. The highest BCUT2D eigenvalue weighted by Crippen LogP contribution is 2.16. The molecule has 1 heterocycles. The van der Waals surface area contributed by atoms with E-state index < -0.39 is 0 Å². The molecule has 5 heteroatoms. The number of nitrogens with zero attached hydrogens (tertiary/aromatic N) is 1. The first-order valence-corrected chi connectivity index (χ1v) is 6.06. The second-order valence-electron chi connectivity index (χ2n) is 3.91. The van der Waals surface area contributed by atoms with Gasteiger partial charge in [0.15, 0.2) is 0 Å². The Balaban J connectivity index is 1.93. The summed E-state index contributed by atoms with van der Waals surface area (Å²) in [6.45, 7) is 3.19. The van der Waals surface area contributed by atoms with Crippen LogP contribution in [0.1, 0.15) is 6.42 Å². The SMILES string of the molecule is O=C(Oc1ccc(Cl)cc1)N1CCCNCC1. The fraction of sp³-hybridized carbons (Fsp3) is 0.417. The van der Waals surface area contributed by atoms with Gasteiger partial charge in [-0.2, -0.15) is 0 Å². The summed E-state index contributed by atoms with van der Waals surface area (Å²) in [4.78, 5) is 13.6. The van der Waals surface area contributed by atoms with E-state index in [0.29, 0.717) is 17.3 Å². The Morgan fingerprint density at radius 2 is 2.00 bits per heavy atom. The summed E-state index contributed by atoms with van der Waals surface area (Å²) in [5.74, 6) is 0.525. The lowest BCUT2D eigenvalue weighted by Crippen LogP contribution is -2.36. The van der Waals surface area contributed by atoms with Crippen LogP contribution in [-0.4, -0.2) is 37.2 Å². The van der Waals surface area contributed by atoms with E-state index in [0.717, 1.165) is 26.1 Å². The topological polar surface area (TPSA) is 41.6 Å². The standard InChI is InChI=1S/C12H15ClN2O2/c13-10-2-4-11(5-3-10)17-12(16)15-8-1-6-14-7-9-15/h2-5,14H,1,6-9H2. The summed E-state index contributed by atoms with van der Waals surface area (Å²) in [5.41, 5.74) is 0. The second-order valence-corrected chi connectivity index (χ2v) is 4.35. The normalized spacial score (nSPS) is 16.4. The summed E-state index contributed by atoms with van der Waals surface area (Å²) < 4.78 is 5.26. The lowest BCUT2D eigenvalue weighted by atomic mass is 10.3. The zero-order valence-corrected chi connectivity index (χ0v) is 10.2. The Hall–Kier alpha value is -1.26. The van der Waals surface area contributed by atoms with Crippen molar-refractivity contribution in [2.24, 2.45) is 0 Å². The first-order valence-electron chi connectivity index (χ1n) is 5.69. The van der Waals surface area contributed by atoms with Crippen molar-refractivity contribution in [1.82, 2.24) is 10.2 Å². The lowest BCUT2D eigenvalue weighted by molar-refractivity contribution is 0.155. The van der Waals surface area contributed by atoms with Crippen molar-refractivity contribution in [2.45, 2.75) is 6.42 Å². The number of halogens is 1. The molecule has 17 heavy (non-hydrogen) atoms. The molecule has 1 aromatic rings. The molecule has 0 aliphatic carbocycles. The fourth-order valence-corrected chi connectivity index (χ4v) is 1.82. The van der Waals surface area contributed by atoms with Crippen molar-refractivity contribution >= 4 is 17.7 Å². The Morgan fingerprint density at radius 1 is 1.24 bits per heavy atom. The zero-order chi connectivity index (χ0) is 12.1. The van der Waals surface area contributed by atoms with E-state index in [1.54, 1.807) is 29.2 Å². The van der Waals surface area contributed by atoms with E-state index in [2.05, 4.69) is 5.32 Å². The van der Waals surface area contributed by atoms with Gasteiger partial charge in [0.05, 0.1) is 0 Å². The molecule has 1 aliphatic heterocycles. The first-order chi connectivity index (χ1) is 8.25. The molecule has 0 bridgehead atoms. The molecule has 92 valence electrons. The number of hydrogen-bond donors (Lipinski definition) is 1. The third-order valence-corrected chi connectivity index (χ3v) is 2.87. The Kier molecular flexibility index (Phi) is 4.23. The van der Waals surface area contributed by atoms with Crippen LogP contribution in [0, 0.1) is 0 Å². The molecule has 1 amide bonds. The van der Waals surface area contributed by atoms with Gasteiger partial charge < -0.3 is 15.0 Å². The zero-order valence-electron chi connectivity index (χ0n) is 9.49.